The van der Waals surface area contributed by atoms with Crippen molar-refractivity contribution in [3.05, 3.63) is 46.9 Å². The van der Waals surface area contributed by atoms with Gasteiger partial charge in [0.1, 0.15) is 5.52 Å². The summed E-state index contributed by atoms with van der Waals surface area (Å²) in [6, 6.07) is 9.35. The van der Waals surface area contributed by atoms with Crippen molar-refractivity contribution in [2.45, 2.75) is 0 Å². The number of nitrogens with zero attached hydrogens (tertiary/aromatic N) is 4. The minimum Gasteiger partial charge on any atom is -0.265 e. The Morgan fingerprint density at radius 2 is 2.00 bits per heavy atom. The van der Waals surface area contributed by atoms with E-state index < -0.39 is 0 Å². The number of para-hydroxylation sites is 1. The second kappa shape index (κ2) is 3.27. The molecule has 2 aromatic heterocycles. The molecule has 3 rings (SSSR count). The first-order valence-electron chi connectivity index (χ1n) is 4.71. The molecule has 0 spiro atoms. The Hall–Kier alpha value is -2.50. The van der Waals surface area contributed by atoms with Gasteiger partial charge in [0.2, 0.25) is 0 Å². The summed E-state index contributed by atoms with van der Waals surface area (Å²) in [5.41, 5.74) is 1.38. The minimum atomic E-state index is -0.300. The maximum absolute atomic E-state index is 11.6. The summed E-state index contributed by atoms with van der Waals surface area (Å²) < 4.78 is 1.50. The normalized spacial score (nSPS) is 10.8. The summed E-state index contributed by atoms with van der Waals surface area (Å²) >= 11 is 0. The van der Waals surface area contributed by atoms with E-state index >= 15 is 0 Å². The lowest BCUT2D eigenvalue weighted by atomic mass is 10.3. The van der Waals surface area contributed by atoms with Crippen molar-refractivity contribution in [3.8, 4) is 5.69 Å². The van der Waals surface area contributed by atoms with Gasteiger partial charge in [-0.3, -0.25) is 4.79 Å². The van der Waals surface area contributed by atoms with Crippen LogP contribution in [0.4, 0.5) is 0 Å². The molecule has 16 heavy (non-hydrogen) atoms. The summed E-state index contributed by atoms with van der Waals surface area (Å²) in [6.45, 7) is 0. The third kappa shape index (κ3) is 1.20. The lowest BCUT2D eigenvalue weighted by molar-refractivity contribution is 0.821. The second-order valence-electron chi connectivity index (χ2n) is 3.27. The zero-order chi connectivity index (χ0) is 11.0. The van der Waals surface area contributed by atoms with Crippen LogP contribution in [0.5, 0.6) is 0 Å². The molecule has 0 bridgehead atoms. The van der Waals surface area contributed by atoms with Gasteiger partial charge in [0.15, 0.2) is 5.52 Å². The number of nitrogens with one attached hydrogen (secondary N) is 1. The van der Waals surface area contributed by atoms with Crippen LogP contribution < -0.4 is 5.56 Å². The number of fused-ring (bicyclic) bond motifs is 1. The SMILES string of the molecule is O=c1[nH]ncc2nnn(-c3ccccc3)c12. The number of aromatic amines is 1. The molecule has 0 fully saturated rings. The highest BCUT2D eigenvalue weighted by Crippen LogP contribution is 2.10. The number of hydrogen-bond acceptors (Lipinski definition) is 4. The molecular weight excluding hydrogens is 206 g/mol. The van der Waals surface area contributed by atoms with Crippen molar-refractivity contribution >= 4 is 11.0 Å². The van der Waals surface area contributed by atoms with Crippen LogP contribution in [0.2, 0.25) is 0 Å². The molecule has 78 valence electrons. The maximum atomic E-state index is 11.6. The average Bonchev–Trinajstić information content (AvgIpc) is 2.75. The lowest BCUT2D eigenvalue weighted by Gasteiger charge is -1.99. The molecule has 1 N–H and O–H groups in total. The van der Waals surface area contributed by atoms with Crippen molar-refractivity contribution in [2.75, 3.05) is 0 Å². The fourth-order valence-electron chi connectivity index (χ4n) is 1.55. The lowest BCUT2D eigenvalue weighted by Crippen LogP contribution is -2.11. The average molecular weight is 213 g/mol. The largest absolute Gasteiger partial charge is 0.292 e. The quantitative estimate of drug-likeness (QED) is 0.638. The maximum Gasteiger partial charge on any atom is 0.292 e. The van der Waals surface area contributed by atoms with E-state index in [0.29, 0.717) is 11.0 Å². The van der Waals surface area contributed by atoms with E-state index in [1.165, 1.54) is 10.9 Å². The molecular formula is C10H7N5O. The van der Waals surface area contributed by atoms with Crippen LogP contribution in [0, 0.1) is 0 Å². The number of rotatable bonds is 1. The van der Waals surface area contributed by atoms with Gasteiger partial charge in [-0.25, -0.2) is 9.78 Å². The van der Waals surface area contributed by atoms with Gasteiger partial charge in [-0.2, -0.15) is 5.10 Å². The molecule has 0 aliphatic carbocycles. The molecule has 2 heterocycles. The Labute approximate surface area is 89.5 Å². The van der Waals surface area contributed by atoms with Crippen molar-refractivity contribution in [2.24, 2.45) is 0 Å². The highest BCUT2D eigenvalue weighted by molar-refractivity contribution is 5.73. The predicted molar refractivity (Wildman–Crippen MR) is 57.3 cm³/mol. The molecule has 3 aromatic rings. The predicted octanol–water partition coefficient (Wildman–Crippen LogP) is 0.504. The van der Waals surface area contributed by atoms with Gasteiger partial charge < -0.3 is 0 Å². The molecule has 0 saturated heterocycles. The molecule has 0 atom stereocenters. The minimum absolute atomic E-state index is 0.300. The third-order valence-corrected chi connectivity index (χ3v) is 2.27. The van der Waals surface area contributed by atoms with Crippen molar-refractivity contribution in [1.29, 1.82) is 0 Å². The van der Waals surface area contributed by atoms with Gasteiger partial charge in [0.25, 0.3) is 5.56 Å². The fourth-order valence-corrected chi connectivity index (χ4v) is 1.55. The van der Waals surface area contributed by atoms with Crippen LogP contribution in [0.1, 0.15) is 0 Å². The van der Waals surface area contributed by atoms with E-state index in [1.54, 1.807) is 0 Å². The molecule has 0 aliphatic heterocycles. The van der Waals surface area contributed by atoms with E-state index in [4.69, 9.17) is 0 Å². The summed E-state index contributed by atoms with van der Waals surface area (Å²) in [7, 11) is 0. The van der Waals surface area contributed by atoms with E-state index in [-0.39, 0.29) is 5.56 Å². The molecule has 0 radical (unpaired) electrons. The molecule has 6 nitrogen and oxygen atoms in total. The second-order valence-corrected chi connectivity index (χ2v) is 3.27. The summed E-state index contributed by atoms with van der Waals surface area (Å²) in [4.78, 5) is 11.6. The molecule has 0 unspecified atom stereocenters. The summed E-state index contributed by atoms with van der Waals surface area (Å²) in [5.74, 6) is 0. The smallest absolute Gasteiger partial charge is 0.265 e. The standard InChI is InChI=1S/C10H7N5O/c16-10-9-8(6-11-13-10)12-14-15(9)7-4-2-1-3-5-7/h1-6H,(H,13,16). The first kappa shape index (κ1) is 8.78. The Bertz CT molecular complexity index is 685. The number of H-pyrrole nitrogens is 1. The van der Waals surface area contributed by atoms with E-state index in [2.05, 4.69) is 20.5 Å². The van der Waals surface area contributed by atoms with Gasteiger partial charge >= 0.3 is 0 Å². The highest BCUT2D eigenvalue weighted by atomic mass is 16.1. The topological polar surface area (TPSA) is 76.5 Å². The molecule has 6 heteroatoms. The monoisotopic (exact) mass is 213 g/mol. The van der Waals surface area contributed by atoms with Gasteiger partial charge in [-0.05, 0) is 12.1 Å². The first-order chi connectivity index (χ1) is 7.86. The summed E-state index contributed by atoms with van der Waals surface area (Å²) in [5, 5.41) is 13.8. The van der Waals surface area contributed by atoms with Crippen LogP contribution >= 0.6 is 0 Å². The molecule has 0 aliphatic rings. The van der Waals surface area contributed by atoms with Crippen LogP contribution in [-0.4, -0.2) is 25.2 Å². The van der Waals surface area contributed by atoms with Crippen molar-refractivity contribution in [1.82, 2.24) is 25.2 Å². The molecule has 0 saturated carbocycles. The van der Waals surface area contributed by atoms with Crippen LogP contribution in [0.25, 0.3) is 16.7 Å². The van der Waals surface area contributed by atoms with Crippen LogP contribution in [-0.2, 0) is 0 Å². The van der Waals surface area contributed by atoms with E-state index in [0.717, 1.165) is 5.69 Å². The van der Waals surface area contributed by atoms with Gasteiger partial charge in [-0.15, -0.1) is 5.10 Å². The number of hydrogen-bond donors (Lipinski definition) is 1. The molecule has 1 aromatic carbocycles. The zero-order valence-electron chi connectivity index (χ0n) is 8.16. The van der Waals surface area contributed by atoms with Gasteiger partial charge in [0.05, 0.1) is 11.9 Å². The van der Waals surface area contributed by atoms with Crippen molar-refractivity contribution < 1.29 is 0 Å². The Kier molecular flexibility index (Phi) is 1.79. The summed E-state index contributed by atoms with van der Waals surface area (Å²) in [6.07, 6.45) is 1.48. The zero-order valence-corrected chi connectivity index (χ0v) is 8.16. The number of aromatic nitrogens is 5. The highest BCUT2D eigenvalue weighted by Gasteiger charge is 2.09. The first-order valence-corrected chi connectivity index (χ1v) is 4.71. The Morgan fingerprint density at radius 3 is 2.81 bits per heavy atom. The van der Waals surface area contributed by atoms with Crippen LogP contribution in [0.3, 0.4) is 0 Å². The van der Waals surface area contributed by atoms with Crippen LogP contribution in [0.15, 0.2) is 41.3 Å². The third-order valence-electron chi connectivity index (χ3n) is 2.27. The Balaban J connectivity index is 2.38. The number of benzene rings is 1. The van der Waals surface area contributed by atoms with E-state index in [1.807, 2.05) is 30.3 Å². The Morgan fingerprint density at radius 1 is 1.19 bits per heavy atom. The van der Waals surface area contributed by atoms with Gasteiger partial charge in [0, 0.05) is 0 Å². The van der Waals surface area contributed by atoms with Gasteiger partial charge in [-0.1, -0.05) is 23.4 Å². The van der Waals surface area contributed by atoms with Crippen molar-refractivity contribution in [3.63, 3.8) is 0 Å². The molecule has 0 amide bonds. The fraction of sp³-hybridized carbons (Fsp3) is 0. The van der Waals surface area contributed by atoms with E-state index in [9.17, 15) is 4.79 Å².